The van der Waals surface area contributed by atoms with Crippen molar-refractivity contribution < 1.29 is 112 Å². The Morgan fingerprint density at radius 3 is 0.970 bits per heavy atom. The van der Waals surface area contributed by atoms with E-state index in [2.05, 4.69) is 21.2 Å². The van der Waals surface area contributed by atoms with Gasteiger partial charge >= 0.3 is 5.97 Å². The van der Waals surface area contributed by atoms with E-state index in [9.17, 15) is 88.0 Å². The van der Waals surface area contributed by atoms with E-state index in [1.807, 2.05) is 0 Å². The number of anilines is 5. The second-order valence-electron chi connectivity index (χ2n) is 35.8. The normalized spacial score (nSPS) is 20.5. The number of ether oxygens (including phenoxy) is 5. The molecule has 0 aromatic heterocycles. The van der Waals surface area contributed by atoms with Crippen molar-refractivity contribution in [2.45, 2.75) is 177 Å². The molecule has 0 bridgehead atoms. The van der Waals surface area contributed by atoms with Crippen LogP contribution in [0.5, 0.6) is 0 Å². The van der Waals surface area contributed by atoms with Gasteiger partial charge in [0.05, 0.1) is 112 Å². The average molecular weight is 1890 g/mol. The monoisotopic (exact) mass is 1890 g/mol. The summed E-state index contributed by atoms with van der Waals surface area (Å²) in [5.41, 5.74) is 1.10. The maximum absolute atomic E-state index is 15.0. The third-order valence-electron chi connectivity index (χ3n) is 25.1. The molecule has 0 spiro atoms. The van der Waals surface area contributed by atoms with Crippen LogP contribution in [-0.2, 0) is 79.5 Å². The van der Waals surface area contributed by atoms with Gasteiger partial charge in [-0.05, 0) is 223 Å². The number of likely N-dealkylation sites (N-methyl/N-ethyl adjacent to an activating group) is 1. The Kier molecular flexibility index (Phi) is 28.6. The lowest BCUT2D eigenvalue weighted by Gasteiger charge is -2.35. The van der Waals surface area contributed by atoms with Crippen LogP contribution in [0.25, 0.3) is 0 Å². The van der Waals surface area contributed by atoms with Crippen LogP contribution >= 0.6 is 15.9 Å². The highest BCUT2D eigenvalue weighted by atomic mass is 79.9. The number of amides is 5. The summed E-state index contributed by atoms with van der Waals surface area (Å²) in [5, 5.41) is 33.5. The molecule has 7 heterocycles. The van der Waals surface area contributed by atoms with Crippen molar-refractivity contribution in [2.75, 3.05) is 70.4 Å². The van der Waals surface area contributed by atoms with Crippen molar-refractivity contribution in [3.8, 4) is 0 Å². The van der Waals surface area contributed by atoms with Crippen LogP contribution in [0.15, 0.2) is 212 Å². The number of carbonyl (C=O) groups is 6. The number of hydrogen-bond donors (Lipinski definition) is 4. The molecule has 0 saturated carbocycles. The zero-order valence-corrected chi connectivity index (χ0v) is 76.3. The van der Waals surface area contributed by atoms with Gasteiger partial charge in [-0.3, -0.25) is 53.3 Å². The largest absolute Gasteiger partial charge is 0.459 e. The standard InChI is InChI=1S/C22H23F2NO4.C21H20BrF2NO3.C20H22F2N2O2.C19H19F2NO3.C19H17F2NO2/c1-21(2)15-9-6-10-16(24)19(15)25(20(21)26)18(13-7-5-8-14(23)11-13)17-12-28-22(3,27-4)29-17;1-12(26)28-17(11-22)18(13-6-4-7-14(23)10-13)25-19-15(8-5-9-16(19)24)21(2,3)20(25)27;1-20(2)14-8-5-9-15(22)18(14)24(19(20)26)17(16(25)11-23-3)12-6-4-7-13(21)10-12;1-19(2)13-7-4-8-14(21)17(13)22(18(19)25)16(15(24)10-23)11-5-3-6-12(20)9-11;1-19(2)13-7-4-8-14(21)17(13)22(18(19)23)16(15-10-24-15)11-5-3-6-12(20)9-11/h5-11,17-18H,12H2,1-4H3;4-10,17-18H,11H2,1-3H3;4-10,16-17,23,25H,11H2,1-3H3;3-9,15-16,23-24H,10H2,1-2H3;3-9,15-16H,10H2,1-2H3/t17-,18+,22?;17-,18+;16-,17+;2*15-,16+/m11111/s1. The molecule has 11 atom stereocenters. The fourth-order valence-corrected chi connectivity index (χ4v) is 18.7. The van der Waals surface area contributed by atoms with E-state index in [-0.39, 0.29) is 82.2 Å². The van der Waals surface area contributed by atoms with Crippen LogP contribution in [0.4, 0.5) is 72.3 Å². The number of halogens is 11. The van der Waals surface area contributed by atoms with Crippen LogP contribution in [0.3, 0.4) is 0 Å². The Labute approximate surface area is 766 Å². The highest BCUT2D eigenvalue weighted by Crippen LogP contribution is 2.55. The number of epoxide rings is 1. The Bertz CT molecular complexity index is 6060. The number of para-hydroxylation sites is 5. The summed E-state index contributed by atoms with van der Waals surface area (Å²) >= 11 is 3.31. The van der Waals surface area contributed by atoms with Crippen molar-refractivity contribution in [1.82, 2.24) is 5.32 Å². The molecule has 1 unspecified atom stereocenters. The van der Waals surface area contributed by atoms with Gasteiger partial charge in [0, 0.05) is 32.8 Å². The first-order chi connectivity index (χ1) is 62.3. The topological polar surface area (TPSA) is 241 Å². The minimum atomic E-state index is -1.40. The summed E-state index contributed by atoms with van der Waals surface area (Å²) in [4.78, 5) is 84.3. The lowest BCUT2D eigenvalue weighted by molar-refractivity contribution is -0.314. The number of benzene rings is 10. The quantitative estimate of drug-likeness (QED) is 0.0226. The molecule has 5 amide bonds. The molecular formula is C101H101BrF10N6O14. The Hall–Kier alpha value is -11.5. The molecule has 0 radical (unpaired) electrons. The summed E-state index contributed by atoms with van der Waals surface area (Å²) in [6.07, 6.45) is -4.23. The maximum Gasteiger partial charge on any atom is 0.303 e. The highest BCUT2D eigenvalue weighted by Gasteiger charge is 2.57. The molecule has 31 heteroatoms. The van der Waals surface area contributed by atoms with Crippen molar-refractivity contribution in [2.24, 2.45) is 0 Å². The van der Waals surface area contributed by atoms with Gasteiger partial charge in [-0.2, -0.15) is 0 Å². The second kappa shape index (κ2) is 38.6. The number of hydrogen-bond acceptors (Lipinski definition) is 15. The molecule has 696 valence electrons. The third-order valence-corrected chi connectivity index (χ3v) is 25.7. The van der Waals surface area contributed by atoms with E-state index in [1.54, 1.807) is 174 Å². The Morgan fingerprint density at radius 2 is 0.689 bits per heavy atom. The molecule has 10 aromatic carbocycles. The summed E-state index contributed by atoms with van der Waals surface area (Å²) < 4.78 is 171. The van der Waals surface area contributed by atoms with Crippen LogP contribution < -0.4 is 29.8 Å². The zero-order chi connectivity index (χ0) is 96.1. The predicted molar refractivity (Wildman–Crippen MR) is 479 cm³/mol. The first-order valence-corrected chi connectivity index (χ1v) is 43.7. The smallest absolute Gasteiger partial charge is 0.303 e. The number of aliphatic hydroxyl groups is 3. The molecule has 4 N–H and O–H groups in total. The lowest BCUT2D eigenvalue weighted by atomic mass is 9.86. The minimum Gasteiger partial charge on any atom is -0.459 e. The maximum atomic E-state index is 15.0. The molecule has 7 aliphatic rings. The zero-order valence-electron chi connectivity index (χ0n) is 74.7. The van der Waals surface area contributed by atoms with Crippen LogP contribution in [0.1, 0.15) is 169 Å². The van der Waals surface area contributed by atoms with Gasteiger partial charge in [0.25, 0.3) is 5.97 Å². The predicted octanol–water partition coefficient (Wildman–Crippen LogP) is 18.0. The first-order valence-electron chi connectivity index (χ1n) is 42.6. The Morgan fingerprint density at radius 1 is 0.417 bits per heavy atom. The van der Waals surface area contributed by atoms with E-state index in [0.29, 0.717) is 56.7 Å². The fourth-order valence-electron chi connectivity index (χ4n) is 18.3. The first kappa shape index (κ1) is 98.0. The summed E-state index contributed by atoms with van der Waals surface area (Å²) in [6.45, 7) is 20.2. The van der Waals surface area contributed by atoms with Crippen molar-refractivity contribution >= 4 is 79.9 Å². The molecule has 7 aliphatic heterocycles. The lowest BCUT2D eigenvalue weighted by Crippen LogP contribution is -2.45. The van der Waals surface area contributed by atoms with Crippen LogP contribution in [-0.4, -0.2) is 133 Å². The van der Waals surface area contributed by atoms with E-state index < -0.39 is 164 Å². The third kappa shape index (κ3) is 18.6. The summed E-state index contributed by atoms with van der Waals surface area (Å²) in [7, 11) is 3.11. The number of esters is 1. The molecule has 2 saturated heterocycles. The highest BCUT2D eigenvalue weighted by molar-refractivity contribution is 9.09. The van der Waals surface area contributed by atoms with Crippen molar-refractivity contribution in [3.63, 3.8) is 0 Å². The molecular weight excluding hydrogens is 1790 g/mol. The molecule has 10 aromatic rings. The van der Waals surface area contributed by atoms with Gasteiger partial charge in [0.15, 0.2) is 0 Å². The summed E-state index contributed by atoms with van der Waals surface area (Å²) in [5.74, 6) is -8.50. The van der Waals surface area contributed by atoms with Crippen molar-refractivity contribution in [3.05, 3.63) is 326 Å². The van der Waals surface area contributed by atoms with Gasteiger partial charge < -0.3 is 44.3 Å². The van der Waals surface area contributed by atoms with Crippen molar-refractivity contribution in [1.29, 1.82) is 0 Å². The SMILES string of the molecule is CC(=O)O[C@H](CBr)[C@H](c1cccc(F)c1)N1C(=O)C(C)(C)c2cccc(F)c21.CC1(C)C(=O)N([C@@H](c2cccc(F)c2)[C@H](O)CO)c2c(F)cccc21.CC1(C)C(=O)N([C@@H](c2cccc(F)c2)[C@H]2CO2)c2c(F)cccc21.CNC[C@@H](O)[C@H](c1cccc(F)c1)N1C(=O)C(C)(C)c2cccc(F)c21.COC1(C)OC[C@H]([C@H](c2cccc(F)c2)N2C(=O)C(C)(C)c3cccc(F)c32)O1. The number of carbonyl (C=O) groups excluding carboxylic acids is 6. The minimum absolute atomic E-state index is 0.0549. The number of nitrogens with one attached hydrogen (secondary N) is 1. The van der Waals surface area contributed by atoms with Gasteiger partial charge in [-0.1, -0.05) is 137 Å². The van der Waals surface area contributed by atoms with Gasteiger partial charge in [-0.25, -0.2) is 43.9 Å². The van der Waals surface area contributed by atoms with E-state index >= 15 is 0 Å². The van der Waals surface area contributed by atoms with Crippen LogP contribution in [0.2, 0.25) is 0 Å². The van der Waals surface area contributed by atoms with E-state index in [0.717, 1.165) is 4.90 Å². The second-order valence-corrected chi connectivity index (χ2v) is 36.4. The average Bonchev–Trinajstić information content (AvgIpc) is 1.60. The number of alkyl halides is 1. The number of rotatable bonds is 21. The van der Waals surface area contributed by atoms with Gasteiger partial charge in [0.1, 0.15) is 82.6 Å². The molecule has 2 fully saturated rings. The van der Waals surface area contributed by atoms with E-state index in [4.69, 9.17) is 23.7 Å². The molecule has 20 nitrogen and oxygen atoms in total. The number of methoxy groups -OCH3 is 1. The van der Waals surface area contributed by atoms with Gasteiger partial charge in [-0.15, -0.1) is 0 Å². The summed E-state index contributed by atoms with van der Waals surface area (Å²) in [6, 6.07) is 47.3. The number of nitrogens with zero attached hydrogens (tertiary/aromatic N) is 5. The molecule has 0 aliphatic carbocycles. The number of fused-ring (bicyclic) bond motifs is 5. The van der Waals surface area contributed by atoms with Gasteiger partial charge in [0.2, 0.25) is 29.5 Å². The fraction of sp³-hybridized carbons (Fsp3) is 0.347. The van der Waals surface area contributed by atoms with Crippen LogP contribution in [0, 0.1) is 58.2 Å². The van der Waals surface area contributed by atoms with E-state index in [1.165, 1.54) is 155 Å². The molecule has 17 rings (SSSR count). The molecule has 132 heavy (non-hydrogen) atoms. The number of aliphatic hydroxyl groups excluding tert-OH is 3. The Balaban J connectivity index is 0.000000140.